The number of carbonyl (C=O) groups is 2. The number of fused-ring (bicyclic) bond motifs is 3. The summed E-state index contributed by atoms with van der Waals surface area (Å²) < 4.78 is 32.4. The summed E-state index contributed by atoms with van der Waals surface area (Å²) in [6.45, 7) is 4.77. The van der Waals surface area contributed by atoms with Crippen LogP contribution in [0.25, 0.3) is 0 Å². The van der Waals surface area contributed by atoms with Crippen LogP contribution in [0.15, 0.2) is 60.1 Å². The van der Waals surface area contributed by atoms with Crippen molar-refractivity contribution in [1.82, 2.24) is 30.7 Å². The van der Waals surface area contributed by atoms with Crippen molar-refractivity contribution in [3.63, 3.8) is 0 Å². The van der Waals surface area contributed by atoms with Crippen molar-refractivity contribution in [3.05, 3.63) is 60.1 Å². The van der Waals surface area contributed by atoms with Gasteiger partial charge in [-0.05, 0) is 24.6 Å². The van der Waals surface area contributed by atoms with Crippen LogP contribution in [-0.4, -0.2) is 106 Å². The van der Waals surface area contributed by atoms with Gasteiger partial charge in [0.05, 0.1) is 30.4 Å². The predicted molar refractivity (Wildman–Crippen MR) is 132 cm³/mol. The van der Waals surface area contributed by atoms with Gasteiger partial charge in [0.15, 0.2) is 0 Å². The molecule has 1 aliphatic carbocycles. The highest BCUT2D eigenvalue weighted by Gasteiger charge is 2.58. The third kappa shape index (κ3) is 4.95. The third-order valence-electron chi connectivity index (χ3n) is 7.30. The maximum Gasteiger partial charge on any atom is 0.324 e. The quantitative estimate of drug-likeness (QED) is 0.306. The van der Waals surface area contributed by atoms with Crippen LogP contribution < -0.4 is 16.0 Å². The summed E-state index contributed by atoms with van der Waals surface area (Å²) >= 11 is 0. The zero-order chi connectivity index (χ0) is 27.2. The Morgan fingerprint density at radius 2 is 2.11 bits per heavy atom. The number of aliphatic hydroxyl groups excluding tert-OH is 2. The molecule has 5 aliphatic rings. The Bertz CT molecular complexity index is 1140. The highest BCUT2D eigenvalue weighted by molar-refractivity contribution is 5.86. The molecule has 13 heteroatoms. The van der Waals surface area contributed by atoms with Crippen LogP contribution in [-0.2, 0) is 9.53 Å². The normalized spacial score (nSPS) is 29.8. The lowest BCUT2D eigenvalue weighted by molar-refractivity contribution is -0.125. The number of hydrogen-bond acceptors (Lipinski definition) is 8. The molecule has 206 valence electrons. The van der Waals surface area contributed by atoms with Gasteiger partial charge < -0.3 is 40.7 Å². The van der Waals surface area contributed by atoms with Gasteiger partial charge in [-0.3, -0.25) is 9.69 Å². The summed E-state index contributed by atoms with van der Waals surface area (Å²) in [6, 6.07) is -3.26. The lowest BCUT2D eigenvalue weighted by atomic mass is 10.1. The van der Waals surface area contributed by atoms with E-state index in [-0.39, 0.29) is 19.1 Å². The molecule has 1 saturated heterocycles. The molecular weight excluding hydrogens is 502 g/mol. The number of ether oxygens (including phenoxy) is 1. The van der Waals surface area contributed by atoms with Crippen LogP contribution in [0.5, 0.6) is 0 Å². The number of rotatable bonds is 7. The van der Waals surface area contributed by atoms with Crippen molar-refractivity contribution < 1.29 is 33.3 Å². The molecule has 2 fully saturated rings. The Kier molecular flexibility index (Phi) is 6.82. The number of urea groups is 1. The first-order valence-corrected chi connectivity index (χ1v) is 12.5. The number of amides is 3. The largest absolute Gasteiger partial charge is 0.491 e. The van der Waals surface area contributed by atoms with Crippen LogP contribution in [0.3, 0.4) is 0 Å². The first-order chi connectivity index (χ1) is 18.1. The Balaban J connectivity index is 1.34. The van der Waals surface area contributed by atoms with E-state index in [0.29, 0.717) is 23.8 Å². The van der Waals surface area contributed by atoms with E-state index in [9.17, 15) is 23.5 Å². The number of nitrogens with one attached hydrogen (secondary N) is 3. The first-order valence-electron chi connectivity index (χ1n) is 12.5. The van der Waals surface area contributed by atoms with Gasteiger partial charge in [0.2, 0.25) is 5.91 Å². The summed E-state index contributed by atoms with van der Waals surface area (Å²) in [4.78, 5) is 32.1. The summed E-state index contributed by atoms with van der Waals surface area (Å²) in [5.74, 6) is -2.54. The molecule has 2 unspecified atom stereocenters. The summed E-state index contributed by atoms with van der Waals surface area (Å²) in [7, 11) is 1.68. The molecule has 5 rings (SSSR count). The molecule has 3 amide bonds. The SMILES string of the molecule is C=C1NC=CC(OC[C@H](O)CO)=CC1NC(=O)N1C2=C(C=CC(C(=O)N[C@@H]3CC3(F)F)N2C)N2CC[C@H]1C2. The number of hydrogen-bond donors (Lipinski definition) is 5. The van der Waals surface area contributed by atoms with Crippen molar-refractivity contribution in [1.29, 1.82) is 0 Å². The number of alkyl halides is 2. The fourth-order valence-electron chi connectivity index (χ4n) is 5.05. The highest BCUT2D eigenvalue weighted by Crippen LogP contribution is 2.42. The molecule has 0 aromatic rings. The Morgan fingerprint density at radius 1 is 1.34 bits per heavy atom. The minimum atomic E-state index is -2.88. The zero-order valence-corrected chi connectivity index (χ0v) is 20.9. The molecule has 38 heavy (non-hydrogen) atoms. The standard InChI is InChI=1S/C25H32F2N6O5/c1-14-18(9-17(5-7-28-14)38-13-16(35)12-34)29-24(37)33-15-6-8-32(11-15)20-4-3-19(31(2)23(20)33)22(36)30-21-10-25(21,26)27/h3-5,7,9,15-16,18-19,21,28,34-35H,1,6,8,10-13H2,2H3,(H,29,37)(H,30,36)/t15-,16+,18?,19?,21+/m0/s1. The minimum absolute atomic E-state index is 0.131. The highest BCUT2D eigenvalue weighted by atomic mass is 19.3. The number of nitrogens with zero attached hydrogens (tertiary/aromatic N) is 3. The molecule has 2 bridgehead atoms. The summed E-state index contributed by atoms with van der Waals surface area (Å²) in [6.07, 6.45) is 7.59. The first kappa shape index (κ1) is 26.0. The van der Waals surface area contributed by atoms with Crippen molar-refractivity contribution in [2.24, 2.45) is 0 Å². The van der Waals surface area contributed by atoms with E-state index in [1.807, 2.05) is 0 Å². The van der Waals surface area contributed by atoms with Crippen LogP contribution >= 0.6 is 0 Å². The van der Waals surface area contributed by atoms with Gasteiger partial charge in [-0.25, -0.2) is 13.6 Å². The van der Waals surface area contributed by atoms with Crippen LogP contribution in [0, 0.1) is 0 Å². The Hall–Kier alpha value is -3.58. The molecule has 0 radical (unpaired) electrons. The van der Waals surface area contributed by atoms with Gasteiger partial charge in [0, 0.05) is 38.5 Å². The maximum atomic E-state index is 13.8. The average Bonchev–Trinajstić information content (AvgIpc) is 3.33. The second-order valence-electron chi connectivity index (χ2n) is 10.1. The predicted octanol–water partition coefficient (Wildman–Crippen LogP) is -0.0981. The van der Waals surface area contributed by atoms with Crippen molar-refractivity contribution in [2.45, 2.75) is 49.0 Å². The number of likely N-dealkylation sites (N-methyl/N-ethyl adjacent to an activating group) is 1. The van der Waals surface area contributed by atoms with Crippen LogP contribution in [0.2, 0.25) is 0 Å². The Morgan fingerprint density at radius 3 is 2.82 bits per heavy atom. The zero-order valence-electron chi connectivity index (χ0n) is 20.9. The second kappa shape index (κ2) is 9.95. The molecule has 0 aromatic carbocycles. The number of carbonyl (C=O) groups excluding carboxylic acids is 2. The Labute approximate surface area is 218 Å². The summed E-state index contributed by atoms with van der Waals surface area (Å²) in [5, 5.41) is 27.0. The van der Waals surface area contributed by atoms with Crippen molar-refractivity contribution in [3.8, 4) is 0 Å². The molecule has 4 heterocycles. The molecule has 1 saturated carbocycles. The monoisotopic (exact) mass is 534 g/mol. The van der Waals surface area contributed by atoms with E-state index in [1.54, 1.807) is 47.4 Å². The van der Waals surface area contributed by atoms with Gasteiger partial charge in [0.1, 0.15) is 30.3 Å². The number of aliphatic hydroxyl groups is 2. The molecule has 11 nitrogen and oxygen atoms in total. The molecule has 0 aromatic heterocycles. The van der Waals surface area contributed by atoms with E-state index >= 15 is 0 Å². The molecule has 0 spiro atoms. The van der Waals surface area contributed by atoms with Crippen molar-refractivity contribution in [2.75, 3.05) is 33.4 Å². The smallest absolute Gasteiger partial charge is 0.324 e. The average molecular weight is 535 g/mol. The van der Waals surface area contributed by atoms with Gasteiger partial charge >= 0.3 is 6.03 Å². The molecule has 4 aliphatic heterocycles. The van der Waals surface area contributed by atoms with Gasteiger partial charge in [0.25, 0.3) is 5.92 Å². The lowest BCUT2D eigenvalue weighted by Gasteiger charge is -2.45. The van der Waals surface area contributed by atoms with E-state index in [2.05, 4.69) is 27.4 Å². The molecular formula is C25H32F2N6O5. The number of halogens is 2. The van der Waals surface area contributed by atoms with E-state index < -0.39 is 48.7 Å². The number of allylic oxidation sites excluding steroid dienone is 2. The van der Waals surface area contributed by atoms with Crippen molar-refractivity contribution >= 4 is 11.9 Å². The van der Waals surface area contributed by atoms with E-state index in [4.69, 9.17) is 9.84 Å². The van der Waals surface area contributed by atoms with Crippen LogP contribution in [0.4, 0.5) is 13.6 Å². The fraction of sp³-hybridized carbons (Fsp3) is 0.520. The summed E-state index contributed by atoms with van der Waals surface area (Å²) in [5.41, 5.74) is 1.27. The van der Waals surface area contributed by atoms with E-state index in [1.165, 1.54) is 0 Å². The van der Waals surface area contributed by atoms with Crippen LogP contribution in [0.1, 0.15) is 12.8 Å². The van der Waals surface area contributed by atoms with Gasteiger partial charge in [-0.1, -0.05) is 12.7 Å². The topological polar surface area (TPSA) is 130 Å². The molecule has 5 N–H and O–H groups in total. The van der Waals surface area contributed by atoms with Gasteiger partial charge in [-0.2, -0.15) is 0 Å². The minimum Gasteiger partial charge on any atom is -0.491 e. The van der Waals surface area contributed by atoms with Gasteiger partial charge in [-0.15, -0.1) is 0 Å². The maximum absolute atomic E-state index is 13.8. The second-order valence-corrected chi connectivity index (χ2v) is 10.1. The van der Waals surface area contributed by atoms with E-state index in [0.717, 1.165) is 18.7 Å². The lowest BCUT2D eigenvalue weighted by Crippen LogP contribution is -2.58. The third-order valence-corrected chi connectivity index (χ3v) is 7.30. The fourth-order valence-corrected chi connectivity index (χ4v) is 5.05. The molecule has 5 atom stereocenters.